The first-order chi connectivity index (χ1) is 8.56. The molecule has 1 atom stereocenters. The van der Waals surface area contributed by atoms with Gasteiger partial charge < -0.3 is 14.8 Å². The number of carboxylic acid groups (broad SMARTS) is 1. The second-order valence-electron chi connectivity index (χ2n) is 4.05. The number of hydrogen-bond donors (Lipinski definition) is 2. The summed E-state index contributed by atoms with van der Waals surface area (Å²) >= 11 is 0. The topological polar surface area (TPSA) is 79.5 Å². The predicted octanol–water partition coefficient (Wildman–Crippen LogP) is 2.08. The number of nitrogens with one attached hydrogen (secondary N) is 1. The Balaban J connectivity index is 2.11. The minimum absolute atomic E-state index is 0.357. The highest BCUT2D eigenvalue weighted by molar-refractivity contribution is 5.93. The van der Waals surface area contributed by atoms with Crippen LogP contribution in [-0.2, 0) is 9.59 Å². The van der Waals surface area contributed by atoms with Gasteiger partial charge in [-0.1, -0.05) is 18.2 Å². The fourth-order valence-corrected chi connectivity index (χ4v) is 1.72. The first kappa shape index (κ1) is 12.2. The van der Waals surface area contributed by atoms with E-state index in [0.717, 1.165) is 11.0 Å². The van der Waals surface area contributed by atoms with Gasteiger partial charge in [0.15, 0.2) is 0 Å². The van der Waals surface area contributed by atoms with Crippen molar-refractivity contribution in [2.45, 2.75) is 19.4 Å². The van der Waals surface area contributed by atoms with Crippen LogP contribution in [0.5, 0.6) is 0 Å². The average molecular weight is 247 g/mol. The number of rotatable bonds is 4. The van der Waals surface area contributed by atoms with Crippen molar-refractivity contribution >= 4 is 22.8 Å². The first-order valence-electron chi connectivity index (χ1n) is 5.56. The van der Waals surface area contributed by atoms with Crippen LogP contribution in [0.15, 0.2) is 34.7 Å². The average Bonchev–Trinajstić information content (AvgIpc) is 2.71. The largest absolute Gasteiger partial charge is 0.481 e. The Morgan fingerprint density at radius 2 is 2.11 bits per heavy atom. The van der Waals surface area contributed by atoms with E-state index in [1.807, 2.05) is 30.3 Å². The molecule has 94 valence electrons. The molecule has 5 heteroatoms. The third-order valence-corrected chi connectivity index (χ3v) is 2.56. The van der Waals surface area contributed by atoms with Crippen molar-refractivity contribution in [1.29, 1.82) is 0 Å². The predicted molar refractivity (Wildman–Crippen MR) is 65.0 cm³/mol. The number of fused-ring (bicyclic) bond motifs is 1. The minimum atomic E-state index is -1.15. The van der Waals surface area contributed by atoms with Crippen LogP contribution in [0, 0.1) is 0 Å². The van der Waals surface area contributed by atoms with Crippen molar-refractivity contribution < 1.29 is 19.1 Å². The number of amides is 1. The van der Waals surface area contributed by atoms with E-state index in [0.29, 0.717) is 5.76 Å². The zero-order valence-electron chi connectivity index (χ0n) is 9.84. The van der Waals surface area contributed by atoms with Crippen LogP contribution in [0.2, 0.25) is 0 Å². The van der Waals surface area contributed by atoms with E-state index in [1.54, 1.807) is 6.92 Å². The molecule has 1 amide bonds. The van der Waals surface area contributed by atoms with Crippen molar-refractivity contribution in [3.63, 3.8) is 0 Å². The second-order valence-corrected chi connectivity index (χ2v) is 4.05. The van der Waals surface area contributed by atoms with E-state index in [2.05, 4.69) is 5.32 Å². The minimum Gasteiger partial charge on any atom is -0.481 e. The molecule has 0 saturated heterocycles. The second kappa shape index (κ2) is 4.91. The summed E-state index contributed by atoms with van der Waals surface area (Å²) < 4.78 is 5.57. The molecule has 0 saturated carbocycles. The number of carboxylic acids is 1. The van der Waals surface area contributed by atoms with Crippen LogP contribution in [-0.4, -0.2) is 17.0 Å². The Hall–Kier alpha value is -2.30. The van der Waals surface area contributed by atoms with Crippen LogP contribution >= 0.6 is 0 Å². The summed E-state index contributed by atoms with van der Waals surface area (Å²) in [6.07, 6.45) is -0.537. The molecule has 1 aromatic heterocycles. The summed E-state index contributed by atoms with van der Waals surface area (Å²) in [5, 5.41) is 12.0. The molecule has 0 spiro atoms. The molecule has 0 aliphatic carbocycles. The molecular weight excluding hydrogens is 234 g/mol. The number of para-hydroxylation sites is 1. The van der Waals surface area contributed by atoms with E-state index in [4.69, 9.17) is 9.52 Å². The Bertz CT molecular complexity index is 554. The maximum atomic E-state index is 11.3. The lowest BCUT2D eigenvalue weighted by Gasteiger charge is -2.09. The van der Waals surface area contributed by atoms with Crippen molar-refractivity contribution in [3.8, 4) is 0 Å². The monoisotopic (exact) mass is 247 g/mol. The molecule has 5 nitrogen and oxygen atoms in total. The summed E-state index contributed by atoms with van der Waals surface area (Å²) in [6, 6.07) is 8.99. The summed E-state index contributed by atoms with van der Waals surface area (Å²) in [7, 11) is 0. The Labute approximate surface area is 103 Å². The highest BCUT2D eigenvalue weighted by Gasteiger charge is 2.15. The number of carbonyl (C=O) groups is 2. The van der Waals surface area contributed by atoms with E-state index in [9.17, 15) is 9.59 Å². The van der Waals surface area contributed by atoms with E-state index >= 15 is 0 Å². The fourth-order valence-electron chi connectivity index (χ4n) is 1.72. The van der Waals surface area contributed by atoms with Gasteiger partial charge in [0.05, 0.1) is 6.04 Å². The SMILES string of the molecule is CC(NC(=O)CC(=O)O)c1cc2ccccc2o1. The number of benzene rings is 1. The highest BCUT2D eigenvalue weighted by Crippen LogP contribution is 2.23. The maximum absolute atomic E-state index is 11.3. The zero-order valence-corrected chi connectivity index (χ0v) is 9.84. The molecule has 2 rings (SSSR count). The standard InChI is InChI=1S/C13H13NO4/c1-8(14-12(15)7-13(16)17)11-6-9-4-2-3-5-10(9)18-11/h2-6,8H,7H2,1H3,(H,14,15)(H,16,17). The normalized spacial score (nSPS) is 12.3. The van der Waals surface area contributed by atoms with Gasteiger partial charge >= 0.3 is 5.97 Å². The summed E-state index contributed by atoms with van der Waals surface area (Å²) in [4.78, 5) is 21.7. The van der Waals surface area contributed by atoms with Gasteiger partial charge in [0, 0.05) is 5.39 Å². The van der Waals surface area contributed by atoms with Crippen LogP contribution in [0.1, 0.15) is 25.1 Å². The van der Waals surface area contributed by atoms with Gasteiger partial charge in [-0.15, -0.1) is 0 Å². The lowest BCUT2D eigenvalue weighted by molar-refractivity contribution is -0.140. The first-order valence-corrected chi connectivity index (χ1v) is 5.56. The zero-order chi connectivity index (χ0) is 13.1. The molecule has 0 fully saturated rings. The Morgan fingerprint density at radius 1 is 1.39 bits per heavy atom. The third kappa shape index (κ3) is 2.68. The molecule has 2 aromatic rings. The number of hydrogen-bond acceptors (Lipinski definition) is 3. The fraction of sp³-hybridized carbons (Fsp3) is 0.231. The Morgan fingerprint density at radius 3 is 2.78 bits per heavy atom. The summed E-state index contributed by atoms with van der Waals surface area (Å²) in [5.41, 5.74) is 0.742. The van der Waals surface area contributed by atoms with Gasteiger partial charge in [-0.3, -0.25) is 9.59 Å². The van der Waals surface area contributed by atoms with Crippen molar-refractivity contribution in [3.05, 3.63) is 36.1 Å². The van der Waals surface area contributed by atoms with Crippen molar-refractivity contribution in [2.75, 3.05) is 0 Å². The number of furan rings is 1. The van der Waals surface area contributed by atoms with Crippen molar-refractivity contribution in [2.24, 2.45) is 0 Å². The van der Waals surface area contributed by atoms with Crippen LogP contribution in [0.25, 0.3) is 11.0 Å². The van der Waals surface area contributed by atoms with Gasteiger partial charge in [0.1, 0.15) is 17.8 Å². The Kier molecular flexibility index (Phi) is 3.32. The smallest absolute Gasteiger partial charge is 0.312 e. The van der Waals surface area contributed by atoms with Gasteiger partial charge in [0.25, 0.3) is 0 Å². The van der Waals surface area contributed by atoms with Gasteiger partial charge in [-0.25, -0.2) is 0 Å². The quantitative estimate of drug-likeness (QED) is 0.811. The van der Waals surface area contributed by atoms with Gasteiger partial charge in [0.2, 0.25) is 5.91 Å². The molecule has 1 heterocycles. The van der Waals surface area contributed by atoms with Crippen LogP contribution in [0.4, 0.5) is 0 Å². The molecule has 18 heavy (non-hydrogen) atoms. The lowest BCUT2D eigenvalue weighted by atomic mass is 10.2. The van der Waals surface area contributed by atoms with Gasteiger partial charge in [-0.05, 0) is 19.1 Å². The van der Waals surface area contributed by atoms with E-state index in [-0.39, 0.29) is 6.04 Å². The summed E-state index contributed by atoms with van der Waals surface area (Å²) in [6.45, 7) is 1.75. The number of carbonyl (C=O) groups excluding carboxylic acids is 1. The highest BCUT2D eigenvalue weighted by atomic mass is 16.4. The molecule has 1 aromatic carbocycles. The van der Waals surface area contributed by atoms with E-state index < -0.39 is 18.3 Å². The maximum Gasteiger partial charge on any atom is 0.312 e. The number of aliphatic carboxylic acids is 1. The van der Waals surface area contributed by atoms with Crippen LogP contribution < -0.4 is 5.32 Å². The van der Waals surface area contributed by atoms with E-state index in [1.165, 1.54) is 0 Å². The molecule has 2 N–H and O–H groups in total. The molecule has 0 aliphatic heterocycles. The third-order valence-electron chi connectivity index (χ3n) is 2.56. The van der Waals surface area contributed by atoms with Crippen LogP contribution in [0.3, 0.4) is 0 Å². The molecule has 1 unspecified atom stereocenters. The molecule has 0 radical (unpaired) electrons. The lowest BCUT2D eigenvalue weighted by Crippen LogP contribution is -2.28. The molecule has 0 bridgehead atoms. The molecule has 0 aliphatic rings. The van der Waals surface area contributed by atoms with Crippen molar-refractivity contribution in [1.82, 2.24) is 5.32 Å². The summed E-state index contributed by atoms with van der Waals surface area (Å²) in [5.74, 6) is -1.07. The van der Waals surface area contributed by atoms with Gasteiger partial charge in [-0.2, -0.15) is 0 Å². The molecular formula is C13H13NO4.